The summed E-state index contributed by atoms with van der Waals surface area (Å²) in [6.45, 7) is 2.02. The molecule has 0 aliphatic heterocycles. The zero-order valence-electron chi connectivity index (χ0n) is 12.6. The van der Waals surface area contributed by atoms with Gasteiger partial charge in [-0.05, 0) is 43.5 Å². The van der Waals surface area contributed by atoms with Crippen LogP contribution in [0.1, 0.15) is 18.4 Å². The molecule has 2 heterocycles. The van der Waals surface area contributed by atoms with Crippen LogP contribution in [0.15, 0.2) is 24.4 Å². The Bertz CT molecular complexity index is 894. The van der Waals surface area contributed by atoms with Gasteiger partial charge in [0.05, 0.1) is 18.3 Å². The maximum Gasteiger partial charge on any atom is 0.227 e. The number of aryl methyl sites for hydroxylation is 1. The van der Waals surface area contributed by atoms with Gasteiger partial charge >= 0.3 is 0 Å². The number of benzene rings is 1. The third-order valence-corrected chi connectivity index (χ3v) is 4.13. The Balaban J connectivity index is 1.88. The van der Waals surface area contributed by atoms with E-state index in [1.807, 2.05) is 25.3 Å². The highest BCUT2D eigenvalue weighted by atomic mass is 16.5. The first-order valence-electron chi connectivity index (χ1n) is 7.43. The SMILES string of the molecule is COc1c(NC(=O)C2CC2)ccc2c1[nH]c1ncc(C)cc12. The van der Waals surface area contributed by atoms with E-state index in [0.29, 0.717) is 11.4 Å². The molecule has 0 spiro atoms. The number of rotatable bonds is 3. The van der Waals surface area contributed by atoms with Crippen LogP contribution < -0.4 is 10.1 Å². The molecule has 0 saturated heterocycles. The van der Waals surface area contributed by atoms with E-state index < -0.39 is 0 Å². The van der Waals surface area contributed by atoms with Crippen molar-refractivity contribution in [2.45, 2.75) is 19.8 Å². The quantitative estimate of drug-likeness (QED) is 0.778. The largest absolute Gasteiger partial charge is 0.492 e. The van der Waals surface area contributed by atoms with Gasteiger partial charge < -0.3 is 15.0 Å². The smallest absolute Gasteiger partial charge is 0.227 e. The molecule has 1 aliphatic carbocycles. The van der Waals surface area contributed by atoms with Crippen LogP contribution in [0.3, 0.4) is 0 Å². The fraction of sp³-hybridized carbons (Fsp3) is 0.294. The fourth-order valence-corrected chi connectivity index (χ4v) is 2.81. The van der Waals surface area contributed by atoms with Crippen molar-refractivity contribution in [1.82, 2.24) is 9.97 Å². The number of carbonyl (C=O) groups is 1. The molecule has 0 bridgehead atoms. The molecule has 5 heteroatoms. The van der Waals surface area contributed by atoms with Gasteiger partial charge in [0.1, 0.15) is 5.65 Å². The molecule has 4 rings (SSSR count). The first kappa shape index (κ1) is 13.1. The van der Waals surface area contributed by atoms with E-state index >= 15 is 0 Å². The lowest BCUT2D eigenvalue weighted by Crippen LogP contribution is -2.14. The molecule has 1 aliphatic rings. The highest BCUT2D eigenvalue weighted by Crippen LogP contribution is 2.38. The number of amides is 1. The normalized spacial score (nSPS) is 14.5. The van der Waals surface area contributed by atoms with Crippen molar-refractivity contribution < 1.29 is 9.53 Å². The van der Waals surface area contributed by atoms with Gasteiger partial charge in [0.15, 0.2) is 5.75 Å². The van der Waals surface area contributed by atoms with Gasteiger partial charge in [-0.25, -0.2) is 4.98 Å². The maximum atomic E-state index is 12.0. The number of pyridine rings is 1. The van der Waals surface area contributed by atoms with E-state index in [1.54, 1.807) is 7.11 Å². The van der Waals surface area contributed by atoms with Crippen LogP contribution >= 0.6 is 0 Å². The van der Waals surface area contributed by atoms with E-state index in [2.05, 4.69) is 21.4 Å². The lowest BCUT2D eigenvalue weighted by atomic mass is 10.1. The van der Waals surface area contributed by atoms with Gasteiger partial charge in [0, 0.05) is 22.9 Å². The number of fused-ring (bicyclic) bond motifs is 3. The summed E-state index contributed by atoms with van der Waals surface area (Å²) >= 11 is 0. The number of H-pyrrole nitrogens is 1. The van der Waals surface area contributed by atoms with Crippen LogP contribution in [0.25, 0.3) is 21.9 Å². The molecule has 0 atom stereocenters. The summed E-state index contributed by atoms with van der Waals surface area (Å²) in [5.74, 6) is 0.886. The van der Waals surface area contributed by atoms with Gasteiger partial charge in [0.2, 0.25) is 5.91 Å². The van der Waals surface area contributed by atoms with E-state index in [-0.39, 0.29) is 11.8 Å². The second-order valence-electron chi connectivity index (χ2n) is 5.87. The van der Waals surface area contributed by atoms with Gasteiger partial charge in [-0.2, -0.15) is 0 Å². The third kappa shape index (κ3) is 2.01. The highest BCUT2D eigenvalue weighted by molar-refractivity contribution is 6.11. The molecule has 0 radical (unpaired) electrons. The Kier molecular flexibility index (Phi) is 2.82. The summed E-state index contributed by atoms with van der Waals surface area (Å²) in [5, 5.41) is 5.08. The number of hydrogen-bond acceptors (Lipinski definition) is 3. The molecule has 1 saturated carbocycles. The summed E-state index contributed by atoms with van der Waals surface area (Å²) < 4.78 is 5.55. The summed E-state index contributed by atoms with van der Waals surface area (Å²) in [5.41, 5.74) is 3.50. The third-order valence-electron chi connectivity index (χ3n) is 4.13. The van der Waals surface area contributed by atoms with Crippen molar-refractivity contribution in [3.05, 3.63) is 30.0 Å². The Morgan fingerprint density at radius 1 is 1.36 bits per heavy atom. The van der Waals surface area contributed by atoms with Crippen LogP contribution in [-0.2, 0) is 4.79 Å². The first-order valence-corrected chi connectivity index (χ1v) is 7.43. The average molecular weight is 295 g/mol. The van der Waals surface area contributed by atoms with Crippen molar-refractivity contribution in [3.63, 3.8) is 0 Å². The summed E-state index contributed by atoms with van der Waals surface area (Å²) in [6, 6.07) is 6.00. The number of aromatic amines is 1. The van der Waals surface area contributed by atoms with Gasteiger partial charge in [0.25, 0.3) is 0 Å². The number of nitrogens with one attached hydrogen (secondary N) is 2. The number of methoxy groups -OCH3 is 1. The summed E-state index contributed by atoms with van der Waals surface area (Å²) in [6.07, 6.45) is 3.79. The van der Waals surface area contributed by atoms with Gasteiger partial charge in [-0.1, -0.05) is 0 Å². The molecule has 0 unspecified atom stereocenters. The molecule has 1 amide bonds. The van der Waals surface area contributed by atoms with E-state index in [1.165, 1.54) is 0 Å². The maximum absolute atomic E-state index is 12.0. The molecular weight excluding hydrogens is 278 g/mol. The predicted octanol–water partition coefficient (Wildman–Crippen LogP) is 3.38. The van der Waals surface area contributed by atoms with Crippen molar-refractivity contribution in [3.8, 4) is 5.75 Å². The average Bonchev–Trinajstić information content (AvgIpc) is 3.29. The molecule has 22 heavy (non-hydrogen) atoms. The Labute approximate surface area is 127 Å². The van der Waals surface area contributed by atoms with Crippen LogP contribution in [-0.4, -0.2) is 23.0 Å². The molecule has 2 aromatic heterocycles. The zero-order valence-corrected chi connectivity index (χ0v) is 12.6. The second kappa shape index (κ2) is 4.73. The first-order chi connectivity index (χ1) is 10.7. The highest BCUT2D eigenvalue weighted by Gasteiger charge is 2.30. The number of ether oxygens (including phenoxy) is 1. The fourth-order valence-electron chi connectivity index (χ4n) is 2.81. The van der Waals surface area contributed by atoms with Crippen LogP contribution in [0.4, 0.5) is 5.69 Å². The molecule has 1 aromatic carbocycles. The molecule has 3 aromatic rings. The topological polar surface area (TPSA) is 67.0 Å². The minimum absolute atomic E-state index is 0.0720. The van der Waals surface area contributed by atoms with E-state index in [4.69, 9.17) is 4.74 Å². The minimum Gasteiger partial charge on any atom is -0.492 e. The zero-order chi connectivity index (χ0) is 15.3. The van der Waals surface area contributed by atoms with E-state index in [0.717, 1.165) is 40.3 Å². The van der Waals surface area contributed by atoms with Crippen LogP contribution in [0, 0.1) is 12.8 Å². The van der Waals surface area contributed by atoms with Crippen molar-refractivity contribution in [2.24, 2.45) is 5.92 Å². The monoisotopic (exact) mass is 295 g/mol. The standard InChI is InChI=1S/C17H17N3O2/c1-9-7-12-11-5-6-13(19-17(21)10-3-4-10)15(22-2)14(11)20-16(12)18-8-9/h5-8,10H,3-4H2,1-2H3,(H,18,20)(H,19,21). The number of anilines is 1. The van der Waals surface area contributed by atoms with Crippen molar-refractivity contribution in [1.29, 1.82) is 0 Å². The number of aromatic nitrogens is 2. The Hall–Kier alpha value is -2.56. The molecule has 1 fully saturated rings. The van der Waals surface area contributed by atoms with E-state index in [9.17, 15) is 4.79 Å². The van der Waals surface area contributed by atoms with Crippen molar-refractivity contribution in [2.75, 3.05) is 12.4 Å². The lowest BCUT2D eigenvalue weighted by molar-refractivity contribution is -0.117. The second-order valence-corrected chi connectivity index (χ2v) is 5.87. The Morgan fingerprint density at radius 2 is 2.18 bits per heavy atom. The number of hydrogen-bond donors (Lipinski definition) is 2. The van der Waals surface area contributed by atoms with Crippen LogP contribution in [0.2, 0.25) is 0 Å². The van der Waals surface area contributed by atoms with Crippen molar-refractivity contribution >= 4 is 33.5 Å². The summed E-state index contributed by atoms with van der Waals surface area (Å²) in [7, 11) is 1.62. The molecular formula is C17H17N3O2. The number of carbonyl (C=O) groups excluding carboxylic acids is 1. The predicted molar refractivity (Wildman–Crippen MR) is 86.2 cm³/mol. The Morgan fingerprint density at radius 3 is 2.91 bits per heavy atom. The molecule has 5 nitrogen and oxygen atoms in total. The number of nitrogens with zero attached hydrogens (tertiary/aromatic N) is 1. The molecule has 2 N–H and O–H groups in total. The summed E-state index contributed by atoms with van der Waals surface area (Å²) in [4.78, 5) is 19.7. The lowest BCUT2D eigenvalue weighted by Gasteiger charge is -2.10. The molecule has 112 valence electrons. The van der Waals surface area contributed by atoms with Gasteiger partial charge in [-0.15, -0.1) is 0 Å². The van der Waals surface area contributed by atoms with Crippen LogP contribution in [0.5, 0.6) is 5.75 Å². The minimum atomic E-state index is 0.0720. The van der Waals surface area contributed by atoms with Gasteiger partial charge in [-0.3, -0.25) is 4.79 Å².